The second-order valence-corrected chi connectivity index (χ2v) is 3.81. The number of fused-ring (bicyclic) bond motifs is 1. The summed E-state index contributed by atoms with van der Waals surface area (Å²) in [5.41, 5.74) is 7.76. The molecule has 16 heavy (non-hydrogen) atoms. The van der Waals surface area contributed by atoms with Crippen molar-refractivity contribution in [2.45, 2.75) is 25.5 Å². The second-order valence-electron chi connectivity index (χ2n) is 3.81. The fourth-order valence-electron chi connectivity index (χ4n) is 1.87. The summed E-state index contributed by atoms with van der Waals surface area (Å²) < 4.78 is 10.2. The van der Waals surface area contributed by atoms with Crippen molar-refractivity contribution in [1.29, 1.82) is 0 Å². The number of ether oxygens (including phenoxy) is 2. The van der Waals surface area contributed by atoms with Gasteiger partial charge in [0.1, 0.15) is 5.75 Å². The van der Waals surface area contributed by atoms with Crippen LogP contribution < -0.4 is 10.5 Å². The summed E-state index contributed by atoms with van der Waals surface area (Å²) in [4.78, 5) is 11.3. The van der Waals surface area contributed by atoms with E-state index >= 15 is 0 Å². The van der Waals surface area contributed by atoms with Crippen molar-refractivity contribution >= 4 is 5.97 Å². The van der Waals surface area contributed by atoms with E-state index in [0.717, 1.165) is 23.3 Å². The Hall–Kier alpha value is -1.55. The molecule has 1 aromatic rings. The minimum absolute atomic E-state index is 0.312. The maximum absolute atomic E-state index is 11.3. The highest BCUT2D eigenvalue weighted by molar-refractivity contribution is 5.75. The van der Waals surface area contributed by atoms with E-state index in [0.29, 0.717) is 13.0 Å². The highest BCUT2D eigenvalue weighted by Crippen LogP contribution is 2.28. The van der Waals surface area contributed by atoms with Crippen molar-refractivity contribution in [1.82, 2.24) is 0 Å². The third-order valence-electron chi connectivity index (χ3n) is 2.77. The van der Waals surface area contributed by atoms with Gasteiger partial charge in [0.05, 0.1) is 7.11 Å². The second kappa shape index (κ2) is 4.53. The van der Waals surface area contributed by atoms with Crippen molar-refractivity contribution in [3.05, 3.63) is 29.3 Å². The van der Waals surface area contributed by atoms with E-state index in [-0.39, 0.29) is 5.97 Å². The Morgan fingerprint density at radius 1 is 1.62 bits per heavy atom. The molecule has 0 amide bonds. The third kappa shape index (κ3) is 2.02. The molecule has 1 aromatic carbocycles. The van der Waals surface area contributed by atoms with Gasteiger partial charge in [0.15, 0.2) is 6.10 Å². The van der Waals surface area contributed by atoms with Crippen LogP contribution in [-0.4, -0.2) is 19.2 Å². The number of hydrogen-bond acceptors (Lipinski definition) is 4. The Balaban J connectivity index is 2.18. The van der Waals surface area contributed by atoms with Crippen molar-refractivity contribution in [2.24, 2.45) is 5.73 Å². The number of aryl methyl sites for hydroxylation is 1. The average molecular weight is 221 g/mol. The van der Waals surface area contributed by atoms with Crippen LogP contribution in [0.1, 0.15) is 17.5 Å². The lowest BCUT2D eigenvalue weighted by Crippen LogP contribution is -2.32. The van der Waals surface area contributed by atoms with Gasteiger partial charge in [-0.2, -0.15) is 0 Å². The molecule has 1 aliphatic heterocycles. The molecular weight excluding hydrogens is 206 g/mol. The fraction of sp³-hybridized carbons (Fsp3) is 0.417. The van der Waals surface area contributed by atoms with E-state index in [9.17, 15) is 4.79 Å². The molecule has 0 bridgehead atoms. The lowest BCUT2D eigenvalue weighted by atomic mass is 10.00. The summed E-state index contributed by atoms with van der Waals surface area (Å²) in [7, 11) is 1.37. The predicted molar refractivity (Wildman–Crippen MR) is 59.1 cm³/mol. The molecule has 2 rings (SSSR count). The van der Waals surface area contributed by atoms with E-state index in [4.69, 9.17) is 10.5 Å². The van der Waals surface area contributed by atoms with Crippen molar-refractivity contribution in [2.75, 3.05) is 7.11 Å². The first-order valence-corrected chi connectivity index (χ1v) is 5.31. The number of nitrogens with two attached hydrogens (primary N) is 1. The summed E-state index contributed by atoms with van der Waals surface area (Å²) >= 11 is 0. The zero-order valence-electron chi connectivity index (χ0n) is 9.23. The Labute approximate surface area is 94.3 Å². The Kier molecular flexibility index (Phi) is 3.10. The van der Waals surface area contributed by atoms with Gasteiger partial charge in [0, 0.05) is 6.54 Å². The van der Waals surface area contributed by atoms with Crippen LogP contribution in [-0.2, 0) is 22.5 Å². The molecule has 86 valence electrons. The zero-order valence-corrected chi connectivity index (χ0v) is 9.23. The Bertz CT molecular complexity index is 403. The summed E-state index contributed by atoms with van der Waals surface area (Å²) in [5.74, 6) is 0.451. The van der Waals surface area contributed by atoms with Crippen LogP contribution in [0.2, 0.25) is 0 Å². The van der Waals surface area contributed by atoms with Crippen LogP contribution >= 0.6 is 0 Å². The highest BCUT2D eigenvalue weighted by atomic mass is 16.6. The van der Waals surface area contributed by atoms with Crippen LogP contribution in [0, 0.1) is 0 Å². The van der Waals surface area contributed by atoms with Crippen molar-refractivity contribution in [3.8, 4) is 5.75 Å². The minimum Gasteiger partial charge on any atom is -0.478 e. The van der Waals surface area contributed by atoms with Gasteiger partial charge in [-0.05, 0) is 30.0 Å². The average Bonchev–Trinajstić information content (AvgIpc) is 2.36. The van der Waals surface area contributed by atoms with Gasteiger partial charge in [0.25, 0.3) is 0 Å². The molecule has 0 fully saturated rings. The van der Waals surface area contributed by atoms with Crippen LogP contribution in [0.5, 0.6) is 5.75 Å². The number of carbonyl (C=O) groups is 1. The SMILES string of the molecule is COC(=O)C1CCc2cc(CN)ccc2O1. The molecule has 0 saturated carbocycles. The number of carbonyl (C=O) groups excluding carboxylic acids is 1. The topological polar surface area (TPSA) is 61.5 Å². The van der Waals surface area contributed by atoms with Crippen LogP contribution in [0.15, 0.2) is 18.2 Å². The van der Waals surface area contributed by atoms with E-state index in [1.54, 1.807) is 0 Å². The van der Waals surface area contributed by atoms with E-state index in [1.807, 2.05) is 18.2 Å². The Morgan fingerprint density at radius 3 is 3.12 bits per heavy atom. The summed E-state index contributed by atoms with van der Waals surface area (Å²) in [6.45, 7) is 0.522. The maximum atomic E-state index is 11.3. The quantitative estimate of drug-likeness (QED) is 0.757. The van der Waals surface area contributed by atoms with Crippen LogP contribution in [0.25, 0.3) is 0 Å². The number of esters is 1. The number of benzene rings is 1. The number of rotatable bonds is 2. The highest BCUT2D eigenvalue weighted by Gasteiger charge is 2.26. The lowest BCUT2D eigenvalue weighted by molar-refractivity contribution is -0.149. The summed E-state index contributed by atoms with van der Waals surface area (Å²) in [6.07, 6.45) is 1.01. The van der Waals surface area contributed by atoms with Gasteiger partial charge in [-0.1, -0.05) is 12.1 Å². The lowest BCUT2D eigenvalue weighted by Gasteiger charge is -2.24. The molecule has 1 atom stereocenters. The minimum atomic E-state index is -0.471. The van der Waals surface area contributed by atoms with Crippen molar-refractivity contribution in [3.63, 3.8) is 0 Å². The van der Waals surface area contributed by atoms with Gasteiger partial charge in [-0.15, -0.1) is 0 Å². The molecule has 4 nitrogen and oxygen atoms in total. The van der Waals surface area contributed by atoms with E-state index in [2.05, 4.69) is 4.74 Å². The van der Waals surface area contributed by atoms with Crippen LogP contribution in [0.4, 0.5) is 0 Å². The molecule has 1 heterocycles. The van der Waals surface area contributed by atoms with E-state index < -0.39 is 6.10 Å². The third-order valence-corrected chi connectivity index (χ3v) is 2.77. The molecule has 1 aliphatic rings. The molecule has 0 radical (unpaired) electrons. The first-order chi connectivity index (χ1) is 7.74. The van der Waals surface area contributed by atoms with Gasteiger partial charge in [-0.3, -0.25) is 0 Å². The normalized spacial score (nSPS) is 18.5. The molecule has 4 heteroatoms. The number of methoxy groups -OCH3 is 1. The van der Waals surface area contributed by atoms with Crippen LogP contribution in [0.3, 0.4) is 0 Å². The smallest absolute Gasteiger partial charge is 0.347 e. The number of hydrogen-bond donors (Lipinski definition) is 1. The summed E-state index contributed by atoms with van der Waals surface area (Å²) in [5, 5.41) is 0. The summed E-state index contributed by atoms with van der Waals surface area (Å²) in [6, 6.07) is 5.81. The molecular formula is C12H15NO3. The molecule has 0 aromatic heterocycles. The predicted octanol–water partition coefficient (Wildman–Crippen LogP) is 1.01. The van der Waals surface area contributed by atoms with Crippen molar-refractivity contribution < 1.29 is 14.3 Å². The molecule has 0 saturated heterocycles. The molecule has 0 aliphatic carbocycles. The maximum Gasteiger partial charge on any atom is 0.347 e. The molecule has 2 N–H and O–H groups in total. The zero-order chi connectivity index (χ0) is 11.5. The van der Waals surface area contributed by atoms with Gasteiger partial charge in [0.2, 0.25) is 0 Å². The standard InChI is InChI=1S/C12H15NO3/c1-15-12(14)11-5-3-9-6-8(7-13)2-4-10(9)16-11/h2,4,6,11H,3,5,7,13H2,1H3. The first kappa shape index (κ1) is 11.0. The largest absolute Gasteiger partial charge is 0.478 e. The molecule has 0 spiro atoms. The Morgan fingerprint density at radius 2 is 2.44 bits per heavy atom. The fourth-order valence-corrected chi connectivity index (χ4v) is 1.87. The molecule has 1 unspecified atom stereocenters. The van der Waals surface area contributed by atoms with Gasteiger partial charge in [-0.25, -0.2) is 4.79 Å². The van der Waals surface area contributed by atoms with Gasteiger partial charge < -0.3 is 15.2 Å². The van der Waals surface area contributed by atoms with Gasteiger partial charge >= 0.3 is 5.97 Å². The van der Waals surface area contributed by atoms with E-state index in [1.165, 1.54) is 7.11 Å². The first-order valence-electron chi connectivity index (χ1n) is 5.31. The monoisotopic (exact) mass is 221 g/mol.